The number of halogens is 2. The predicted molar refractivity (Wildman–Crippen MR) is 82.1 cm³/mol. The minimum Gasteiger partial charge on any atom is -0.496 e. The van der Waals surface area contributed by atoms with Gasteiger partial charge in [-0.2, -0.15) is 0 Å². The maximum Gasteiger partial charge on any atom is 0.173 e. The Balaban J connectivity index is 2.03. The standard InChI is InChI=1S/C15H12BrFO2S/c1-19-15-6-5-10(7-13(15)16)14(18)9-20-12-4-2-3-11(17)8-12/h2-8H,9H2,1H3. The Morgan fingerprint density at radius 1 is 1.30 bits per heavy atom. The Labute approximate surface area is 129 Å². The molecule has 20 heavy (non-hydrogen) atoms. The van der Waals surface area contributed by atoms with E-state index in [1.807, 2.05) is 0 Å². The quantitative estimate of drug-likeness (QED) is 0.581. The Morgan fingerprint density at radius 2 is 2.10 bits per heavy atom. The summed E-state index contributed by atoms with van der Waals surface area (Å²) in [5, 5.41) is 0. The molecule has 2 aromatic rings. The third kappa shape index (κ3) is 3.84. The molecular formula is C15H12BrFO2S. The molecule has 2 aromatic carbocycles. The molecule has 0 unspecified atom stereocenters. The van der Waals surface area contributed by atoms with Gasteiger partial charge in [0.2, 0.25) is 0 Å². The van der Waals surface area contributed by atoms with Crippen molar-refractivity contribution in [3.63, 3.8) is 0 Å². The third-order valence-electron chi connectivity index (χ3n) is 2.64. The van der Waals surface area contributed by atoms with E-state index in [9.17, 15) is 9.18 Å². The van der Waals surface area contributed by atoms with Crippen LogP contribution in [0.3, 0.4) is 0 Å². The first-order chi connectivity index (χ1) is 9.60. The van der Waals surface area contributed by atoms with Crippen molar-refractivity contribution >= 4 is 33.5 Å². The molecule has 0 saturated carbocycles. The van der Waals surface area contributed by atoms with Crippen LogP contribution in [-0.4, -0.2) is 18.6 Å². The normalized spacial score (nSPS) is 10.3. The summed E-state index contributed by atoms with van der Waals surface area (Å²) in [6.07, 6.45) is 0. The van der Waals surface area contributed by atoms with E-state index in [1.54, 1.807) is 37.4 Å². The van der Waals surface area contributed by atoms with E-state index in [-0.39, 0.29) is 17.4 Å². The maximum absolute atomic E-state index is 13.0. The highest BCUT2D eigenvalue weighted by atomic mass is 79.9. The molecule has 0 saturated heterocycles. The van der Waals surface area contributed by atoms with Crippen LogP contribution in [0.2, 0.25) is 0 Å². The molecule has 0 heterocycles. The lowest BCUT2D eigenvalue weighted by Crippen LogP contribution is -2.02. The van der Waals surface area contributed by atoms with Gasteiger partial charge < -0.3 is 4.74 Å². The van der Waals surface area contributed by atoms with Crippen molar-refractivity contribution in [1.82, 2.24) is 0 Å². The number of carbonyl (C=O) groups is 1. The molecular weight excluding hydrogens is 343 g/mol. The number of methoxy groups -OCH3 is 1. The Bertz CT molecular complexity index is 631. The largest absolute Gasteiger partial charge is 0.496 e. The SMILES string of the molecule is COc1ccc(C(=O)CSc2cccc(F)c2)cc1Br. The molecule has 0 aliphatic rings. The van der Waals surface area contributed by atoms with Crippen LogP contribution in [0, 0.1) is 5.82 Å². The van der Waals surface area contributed by atoms with Crippen LogP contribution in [0.5, 0.6) is 5.75 Å². The monoisotopic (exact) mass is 354 g/mol. The molecule has 0 fully saturated rings. The summed E-state index contributed by atoms with van der Waals surface area (Å²) in [6, 6.07) is 11.4. The minimum absolute atomic E-state index is 0.0115. The van der Waals surface area contributed by atoms with Gasteiger partial charge in [0, 0.05) is 10.5 Å². The summed E-state index contributed by atoms with van der Waals surface area (Å²) in [5.41, 5.74) is 0.599. The smallest absolute Gasteiger partial charge is 0.173 e. The second kappa shape index (κ2) is 6.90. The molecule has 2 rings (SSSR count). The molecule has 0 spiro atoms. The first kappa shape index (κ1) is 15.1. The van der Waals surface area contributed by atoms with Gasteiger partial charge in [0.15, 0.2) is 5.78 Å². The van der Waals surface area contributed by atoms with Crippen LogP contribution in [0.4, 0.5) is 4.39 Å². The highest BCUT2D eigenvalue weighted by molar-refractivity contribution is 9.10. The van der Waals surface area contributed by atoms with E-state index in [0.717, 1.165) is 9.37 Å². The minimum atomic E-state index is -0.297. The fourth-order valence-electron chi connectivity index (χ4n) is 1.63. The molecule has 0 radical (unpaired) electrons. The lowest BCUT2D eigenvalue weighted by molar-refractivity contribution is 0.102. The average molecular weight is 355 g/mol. The topological polar surface area (TPSA) is 26.3 Å². The Morgan fingerprint density at radius 3 is 2.75 bits per heavy atom. The predicted octanol–water partition coefficient (Wildman–Crippen LogP) is 4.57. The fourth-order valence-corrected chi connectivity index (χ4v) is 3.00. The Hall–Kier alpha value is -1.33. The molecule has 104 valence electrons. The van der Waals surface area contributed by atoms with Crippen LogP contribution < -0.4 is 4.74 Å². The van der Waals surface area contributed by atoms with E-state index in [2.05, 4.69) is 15.9 Å². The van der Waals surface area contributed by atoms with Crippen molar-refractivity contribution in [3.05, 3.63) is 58.3 Å². The molecule has 0 amide bonds. The van der Waals surface area contributed by atoms with E-state index < -0.39 is 0 Å². The second-order valence-electron chi connectivity index (χ2n) is 4.02. The van der Waals surface area contributed by atoms with E-state index in [0.29, 0.717) is 11.3 Å². The molecule has 0 aromatic heterocycles. The number of rotatable bonds is 5. The van der Waals surface area contributed by atoms with Crippen molar-refractivity contribution in [2.45, 2.75) is 4.90 Å². The van der Waals surface area contributed by atoms with Crippen LogP contribution in [0.1, 0.15) is 10.4 Å². The summed E-state index contributed by atoms with van der Waals surface area (Å²) in [6.45, 7) is 0. The third-order valence-corrected chi connectivity index (χ3v) is 4.25. The van der Waals surface area contributed by atoms with E-state index in [4.69, 9.17) is 4.74 Å². The van der Waals surface area contributed by atoms with Gasteiger partial charge >= 0.3 is 0 Å². The average Bonchev–Trinajstić information content (AvgIpc) is 2.44. The van der Waals surface area contributed by atoms with Crippen molar-refractivity contribution in [2.24, 2.45) is 0 Å². The molecule has 0 aliphatic carbocycles. The highest BCUT2D eigenvalue weighted by Crippen LogP contribution is 2.27. The number of benzene rings is 2. The van der Waals surface area contributed by atoms with Gasteiger partial charge in [-0.3, -0.25) is 4.79 Å². The summed E-state index contributed by atoms with van der Waals surface area (Å²) in [7, 11) is 1.57. The van der Waals surface area contributed by atoms with Crippen molar-refractivity contribution in [3.8, 4) is 5.75 Å². The lowest BCUT2D eigenvalue weighted by atomic mass is 10.1. The second-order valence-corrected chi connectivity index (χ2v) is 5.92. The number of ketones is 1. The van der Waals surface area contributed by atoms with Crippen LogP contribution in [0.25, 0.3) is 0 Å². The van der Waals surface area contributed by atoms with Crippen LogP contribution in [0.15, 0.2) is 51.8 Å². The van der Waals surface area contributed by atoms with Gasteiger partial charge in [-0.1, -0.05) is 6.07 Å². The van der Waals surface area contributed by atoms with Crippen molar-refractivity contribution in [2.75, 3.05) is 12.9 Å². The first-order valence-electron chi connectivity index (χ1n) is 5.85. The van der Waals surface area contributed by atoms with Gasteiger partial charge in [-0.25, -0.2) is 4.39 Å². The zero-order chi connectivity index (χ0) is 14.5. The summed E-state index contributed by atoms with van der Waals surface area (Å²) in [4.78, 5) is 12.8. The van der Waals surface area contributed by atoms with Gasteiger partial charge in [-0.05, 0) is 52.3 Å². The molecule has 5 heteroatoms. The fraction of sp³-hybridized carbons (Fsp3) is 0.133. The molecule has 0 atom stereocenters. The van der Waals surface area contributed by atoms with Gasteiger partial charge in [-0.15, -0.1) is 11.8 Å². The maximum atomic E-state index is 13.0. The van der Waals surface area contributed by atoms with Crippen molar-refractivity contribution in [1.29, 1.82) is 0 Å². The zero-order valence-electron chi connectivity index (χ0n) is 10.7. The van der Waals surface area contributed by atoms with Crippen molar-refractivity contribution < 1.29 is 13.9 Å². The van der Waals surface area contributed by atoms with Crippen LogP contribution >= 0.6 is 27.7 Å². The number of hydrogen-bond acceptors (Lipinski definition) is 3. The highest BCUT2D eigenvalue weighted by Gasteiger charge is 2.09. The first-order valence-corrected chi connectivity index (χ1v) is 7.63. The van der Waals surface area contributed by atoms with Gasteiger partial charge in [0.05, 0.1) is 17.3 Å². The lowest BCUT2D eigenvalue weighted by Gasteiger charge is -2.06. The molecule has 0 aliphatic heterocycles. The Kier molecular flexibility index (Phi) is 5.20. The summed E-state index contributed by atoms with van der Waals surface area (Å²) >= 11 is 4.66. The number of hydrogen-bond donors (Lipinski definition) is 0. The van der Waals surface area contributed by atoms with E-state index >= 15 is 0 Å². The van der Waals surface area contributed by atoms with Gasteiger partial charge in [0.1, 0.15) is 11.6 Å². The molecule has 0 N–H and O–H groups in total. The summed E-state index contributed by atoms with van der Waals surface area (Å²) in [5.74, 6) is 0.638. The molecule has 2 nitrogen and oxygen atoms in total. The number of Topliss-reactive ketones (excluding diaryl/α,β-unsaturated/α-hetero) is 1. The number of carbonyl (C=O) groups excluding carboxylic acids is 1. The number of ether oxygens (including phenoxy) is 1. The van der Waals surface area contributed by atoms with Gasteiger partial charge in [0.25, 0.3) is 0 Å². The van der Waals surface area contributed by atoms with Crippen LogP contribution in [-0.2, 0) is 0 Å². The molecule has 0 bridgehead atoms. The van der Waals surface area contributed by atoms with E-state index in [1.165, 1.54) is 23.9 Å². The summed E-state index contributed by atoms with van der Waals surface area (Å²) < 4.78 is 18.9. The number of thioether (sulfide) groups is 1. The zero-order valence-corrected chi connectivity index (χ0v) is 13.1.